The van der Waals surface area contributed by atoms with Crippen molar-refractivity contribution in [2.45, 2.75) is 25.6 Å². The molecule has 4 rings (SSSR count). The molecular weight excluding hydrogens is 518 g/mol. The van der Waals surface area contributed by atoms with Crippen LogP contribution in [-0.4, -0.2) is 50.0 Å². The van der Waals surface area contributed by atoms with Gasteiger partial charge in [0.05, 0.1) is 39.2 Å². The summed E-state index contributed by atoms with van der Waals surface area (Å²) < 4.78 is 20.9. The lowest BCUT2D eigenvalue weighted by Crippen LogP contribution is -2.41. The third-order valence-corrected chi connectivity index (χ3v) is 7.15. The van der Waals surface area contributed by atoms with Gasteiger partial charge in [-0.2, -0.15) is 0 Å². The molecule has 0 radical (unpaired) electrons. The van der Waals surface area contributed by atoms with Crippen molar-refractivity contribution in [3.8, 4) is 11.5 Å². The molecule has 37 heavy (non-hydrogen) atoms. The number of esters is 1. The molecule has 0 bridgehead atoms. The first-order valence-corrected chi connectivity index (χ1v) is 13.2. The summed E-state index contributed by atoms with van der Waals surface area (Å²) in [4.78, 5) is 41.0. The number of ether oxygens (including phenoxy) is 4. The van der Waals surface area contributed by atoms with Crippen LogP contribution in [0.15, 0.2) is 53.2 Å². The van der Waals surface area contributed by atoms with Gasteiger partial charge in [-0.3, -0.25) is 9.69 Å². The van der Waals surface area contributed by atoms with Crippen LogP contribution < -0.4 is 20.1 Å². The van der Waals surface area contributed by atoms with E-state index in [1.807, 2.05) is 35.0 Å². The van der Waals surface area contributed by atoms with E-state index in [9.17, 15) is 14.4 Å². The van der Waals surface area contributed by atoms with Gasteiger partial charge in [0.2, 0.25) is 6.79 Å². The van der Waals surface area contributed by atoms with Crippen molar-refractivity contribution >= 4 is 40.8 Å². The van der Waals surface area contributed by atoms with Crippen LogP contribution >= 0.6 is 22.7 Å². The second kappa shape index (κ2) is 13.0. The van der Waals surface area contributed by atoms with Crippen molar-refractivity contribution in [3.63, 3.8) is 0 Å². The Hall–Kier alpha value is -3.77. The first kappa shape index (κ1) is 26.3. The normalized spacial score (nSPS) is 12.5. The van der Waals surface area contributed by atoms with Crippen LogP contribution in [0.1, 0.15) is 27.8 Å². The van der Waals surface area contributed by atoms with Crippen LogP contribution in [-0.2, 0) is 27.4 Å². The van der Waals surface area contributed by atoms with Gasteiger partial charge in [0.25, 0.3) is 0 Å². The number of nitrogens with zero attached hydrogens (tertiary/aromatic N) is 1. The van der Waals surface area contributed by atoms with Crippen molar-refractivity contribution < 1.29 is 33.3 Å². The maximum atomic E-state index is 12.8. The fourth-order valence-corrected chi connectivity index (χ4v) is 5.04. The fourth-order valence-electron chi connectivity index (χ4n) is 3.60. The topological polar surface area (TPSA) is 115 Å². The summed E-state index contributed by atoms with van der Waals surface area (Å²) in [5.74, 6) is 0.656. The van der Waals surface area contributed by atoms with Crippen LogP contribution in [0.5, 0.6) is 11.5 Å². The van der Waals surface area contributed by atoms with Gasteiger partial charge in [0.15, 0.2) is 11.5 Å². The molecule has 3 heterocycles. The number of thiophene rings is 2. The number of nitrogens with one attached hydrogen (secondary N) is 2. The Labute approximate surface area is 222 Å². The molecule has 0 saturated carbocycles. The highest BCUT2D eigenvalue weighted by Gasteiger charge is 2.23. The molecule has 12 heteroatoms. The SMILES string of the molecule is COC(=O)C[C@H](NC(=O)NCCOC(=O)N(Cc1cccs1)Cc1cccs1)c1ccc2c(c1)OCO2. The second-order valence-corrected chi connectivity index (χ2v) is 10.0. The van der Waals surface area contributed by atoms with Crippen LogP contribution in [0.3, 0.4) is 0 Å². The second-order valence-electron chi connectivity index (χ2n) is 7.97. The van der Waals surface area contributed by atoms with Crippen LogP contribution in [0.4, 0.5) is 9.59 Å². The monoisotopic (exact) mass is 545 g/mol. The van der Waals surface area contributed by atoms with Gasteiger partial charge in [0, 0.05) is 9.75 Å². The van der Waals surface area contributed by atoms with E-state index >= 15 is 0 Å². The predicted octanol–water partition coefficient (Wildman–Crippen LogP) is 4.28. The van der Waals surface area contributed by atoms with Gasteiger partial charge in [0.1, 0.15) is 6.61 Å². The zero-order chi connectivity index (χ0) is 26.0. The Morgan fingerprint density at radius 2 is 1.73 bits per heavy atom. The number of benzene rings is 1. The Morgan fingerprint density at radius 3 is 2.38 bits per heavy atom. The lowest BCUT2D eigenvalue weighted by molar-refractivity contribution is -0.141. The molecule has 1 aliphatic rings. The molecule has 0 aliphatic carbocycles. The minimum atomic E-state index is -0.656. The minimum Gasteiger partial charge on any atom is -0.469 e. The number of amides is 3. The van der Waals surface area contributed by atoms with E-state index in [4.69, 9.17) is 18.9 Å². The molecule has 1 aromatic carbocycles. The van der Waals surface area contributed by atoms with E-state index in [2.05, 4.69) is 10.6 Å². The summed E-state index contributed by atoms with van der Waals surface area (Å²) in [7, 11) is 1.29. The molecule has 0 spiro atoms. The zero-order valence-corrected chi connectivity index (χ0v) is 21.8. The summed E-state index contributed by atoms with van der Waals surface area (Å²) >= 11 is 3.14. The van der Waals surface area contributed by atoms with Crippen molar-refractivity contribution in [3.05, 3.63) is 68.5 Å². The van der Waals surface area contributed by atoms with Crippen LogP contribution in [0.25, 0.3) is 0 Å². The van der Waals surface area contributed by atoms with E-state index < -0.39 is 24.1 Å². The number of hydrogen-bond acceptors (Lipinski definition) is 9. The number of methoxy groups -OCH3 is 1. The summed E-state index contributed by atoms with van der Waals surface area (Å²) in [6.07, 6.45) is -0.535. The average molecular weight is 546 g/mol. The molecule has 1 aliphatic heterocycles. The molecule has 0 unspecified atom stereocenters. The smallest absolute Gasteiger partial charge is 0.410 e. The number of carbonyl (C=O) groups is 3. The number of carbonyl (C=O) groups excluding carboxylic acids is 3. The lowest BCUT2D eigenvalue weighted by atomic mass is 10.0. The lowest BCUT2D eigenvalue weighted by Gasteiger charge is -2.21. The number of rotatable bonds is 11. The molecule has 2 aromatic heterocycles. The van der Waals surface area contributed by atoms with E-state index in [-0.39, 0.29) is 26.4 Å². The number of fused-ring (bicyclic) bond motifs is 1. The first-order chi connectivity index (χ1) is 18.0. The molecule has 2 N–H and O–H groups in total. The zero-order valence-electron chi connectivity index (χ0n) is 20.1. The largest absolute Gasteiger partial charge is 0.469 e. The Balaban J connectivity index is 1.28. The van der Waals surface area contributed by atoms with Crippen LogP contribution in [0, 0.1) is 0 Å². The van der Waals surface area contributed by atoms with Gasteiger partial charge in [-0.15, -0.1) is 22.7 Å². The van der Waals surface area contributed by atoms with Gasteiger partial charge >= 0.3 is 18.1 Å². The Bertz CT molecular complexity index is 1150. The highest BCUT2D eigenvalue weighted by molar-refractivity contribution is 7.10. The minimum absolute atomic E-state index is 0.0106. The van der Waals surface area contributed by atoms with E-state index in [0.717, 1.165) is 9.75 Å². The summed E-state index contributed by atoms with van der Waals surface area (Å²) in [6.45, 7) is 1.07. The van der Waals surface area contributed by atoms with Crippen molar-refractivity contribution in [1.82, 2.24) is 15.5 Å². The molecule has 3 aromatic rings. The van der Waals surface area contributed by atoms with Gasteiger partial charge < -0.3 is 29.6 Å². The van der Waals surface area contributed by atoms with E-state index in [0.29, 0.717) is 30.2 Å². The first-order valence-electron chi connectivity index (χ1n) is 11.5. The molecule has 0 fully saturated rings. The third-order valence-electron chi connectivity index (χ3n) is 5.43. The highest BCUT2D eigenvalue weighted by atomic mass is 32.1. The fraction of sp³-hybridized carbons (Fsp3) is 0.320. The van der Waals surface area contributed by atoms with Gasteiger partial charge in [-0.1, -0.05) is 18.2 Å². The molecule has 0 saturated heterocycles. The highest BCUT2D eigenvalue weighted by Crippen LogP contribution is 2.34. The van der Waals surface area contributed by atoms with Crippen molar-refractivity contribution in [2.24, 2.45) is 0 Å². The van der Waals surface area contributed by atoms with E-state index in [1.54, 1.807) is 45.8 Å². The van der Waals surface area contributed by atoms with Gasteiger partial charge in [-0.25, -0.2) is 9.59 Å². The standard InChI is InChI=1S/C25H27N3O7S2/c1-32-23(29)13-20(17-6-7-21-22(12-17)35-16-34-21)27-24(30)26-8-9-33-25(31)28(14-18-4-2-10-36-18)15-19-5-3-11-37-19/h2-7,10-12,20H,8-9,13-16H2,1H3,(H2,26,27,30)/t20-/m0/s1. The summed E-state index contributed by atoms with van der Waals surface area (Å²) in [5, 5.41) is 9.35. The molecule has 3 amide bonds. The quantitative estimate of drug-likeness (QED) is 0.273. The number of hydrogen-bond donors (Lipinski definition) is 2. The third kappa shape index (κ3) is 7.61. The molecule has 196 valence electrons. The van der Waals surface area contributed by atoms with Gasteiger partial charge in [-0.05, 0) is 40.6 Å². The molecule has 1 atom stereocenters. The molecular formula is C25H27N3O7S2. The van der Waals surface area contributed by atoms with Crippen molar-refractivity contribution in [2.75, 3.05) is 27.1 Å². The maximum absolute atomic E-state index is 12.8. The maximum Gasteiger partial charge on any atom is 0.410 e. The Morgan fingerprint density at radius 1 is 1.03 bits per heavy atom. The number of urea groups is 1. The predicted molar refractivity (Wildman–Crippen MR) is 138 cm³/mol. The molecule has 10 nitrogen and oxygen atoms in total. The average Bonchev–Trinajstić information content (AvgIpc) is 3.68. The Kier molecular flexibility index (Phi) is 9.22. The van der Waals surface area contributed by atoms with E-state index in [1.165, 1.54) is 7.11 Å². The summed E-state index contributed by atoms with van der Waals surface area (Å²) in [5.41, 5.74) is 0.661. The summed E-state index contributed by atoms with van der Waals surface area (Å²) in [6, 6.07) is 11.8. The van der Waals surface area contributed by atoms with Crippen LogP contribution in [0.2, 0.25) is 0 Å². The van der Waals surface area contributed by atoms with Crippen molar-refractivity contribution in [1.29, 1.82) is 0 Å².